The highest BCUT2D eigenvalue weighted by Crippen LogP contribution is 2.36. The molecule has 3 heterocycles. The van der Waals surface area contributed by atoms with Gasteiger partial charge in [-0.05, 0) is 57.7 Å². The van der Waals surface area contributed by atoms with E-state index in [2.05, 4.69) is 28.9 Å². The van der Waals surface area contributed by atoms with Gasteiger partial charge in [-0.15, -0.1) is 0 Å². The molecule has 0 bridgehead atoms. The van der Waals surface area contributed by atoms with Crippen LogP contribution < -0.4 is 4.90 Å². The summed E-state index contributed by atoms with van der Waals surface area (Å²) in [5.74, 6) is 1.27. The lowest BCUT2D eigenvalue weighted by Gasteiger charge is -2.38. The molecular weight excluding hydrogens is 270 g/mol. The van der Waals surface area contributed by atoms with Gasteiger partial charge in [-0.25, -0.2) is 4.98 Å². The van der Waals surface area contributed by atoms with Gasteiger partial charge in [-0.2, -0.15) is 0 Å². The largest absolute Gasteiger partial charge is 0.356 e. The first-order valence-corrected chi connectivity index (χ1v) is 9.34. The van der Waals surface area contributed by atoms with E-state index >= 15 is 0 Å². The van der Waals surface area contributed by atoms with Crippen LogP contribution in [0.4, 0.5) is 5.82 Å². The monoisotopic (exact) mass is 301 g/mol. The van der Waals surface area contributed by atoms with Gasteiger partial charge < -0.3 is 4.90 Å². The summed E-state index contributed by atoms with van der Waals surface area (Å²) in [6.45, 7) is 7.17. The fraction of sp³-hybridized carbons (Fsp3) is 0.737. The zero-order chi connectivity index (χ0) is 15.2. The minimum Gasteiger partial charge on any atom is -0.356 e. The van der Waals surface area contributed by atoms with Crippen molar-refractivity contribution in [2.24, 2.45) is 0 Å². The van der Waals surface area contributed by atoms with E-state index in [1.807, 2.05) is 6.20 Å². The van der Waals surface area contributed by atoms with Crippen molar-refractivity contribution >= 4 is 5.82 Å². The zero-order valence-electron chi connectivity index (χ0n) is 14.1. The van der Waals surface area contributed by atoms with E-state index in [9.17, 15) is 0 Å². The van der Waals surface area contributed by atoms with Gasteiger partial charge in [0.1, 0.15) is 5.82 Å². The first-order chi connectivity index (χ1) is 10.9. The van der Waals surface area contributed by atoms with Crippen molar-refractivity contribution in [3.63, 3.8) is 0 Å². The molecule has 22 heavy (non-hydrogen) atoms. The van der Waals surface area contributed by atoms with Crippen molar-refractivity contribution in [2.45, 2.75) is 64.3 Å². The van der Waals surface area contributed by atoms with Gasteiger partial charge >= 0.3 is 0 Å². The molecule has 0 N–H and O–H groups in total. The van der Waals surface area contributed by atoms with Crippen molar-refractivity contribution in [2.75, 3.05) is 31.1 Å². The number of nitrogens with zero attached hydrogens (tertiary/aromatic N) is 3. The molecule has 3 rings (SSSR count). The SMILES string of the molecule is CCCCN1CCCC[C@H]1c1cccnc1N1CCCCC1. The lowest BCUT2D eigenvalue weighted by Crippen LogP contribution is -2.37. The van der Waals surface area contributed by atoms with Crippen LogP contribution in [0, 0.1) is 0 Å². The third kappa shape index (κ3) is 3.62. The third-order valence-electron chi connectivity index (χ3n) is 5.24. The summed E-state index contributed by atoms with van der Waals surface area (Å²) in [6, 6.07) is 5.06. The molecule has 1 atom stereocenters. The number of hydrogen-bond donors (Lipinski definition) is 0. The zero-order valence-corrected chi connectivity index (χ0v) is 14.1. The molecule has 0 unspecified atom stereocenters. The van der Waals surface area contributed by atoms with Crippen molar-refractivity contribution in [3.8, 4) is 0 Å². The second-order valence-electron chi connectivity index (χ2n) is 6.87. The maximum Gasteiger partial charge on any atom is 0.133 e. The Hall–Kier alpha value is -1.09. The van der Waals surface area contributed by atoms with Gasteiger partial charge in [0, 0.05) is 30.9 Å². The van der Waals surface area contributed by atoms with Gasteiger partial charge in [0.25, 0.3) is 0 Å². The number of unbranched alkanes of at least 4 members (excludes halogenated alkanes) is 1. The van der Waals surface area contributed by atoms with E-state index in [1.165, 1.54) is 88.9 Å². The molecule has 0 spiro atoms. The average molecular weight is 301 g/mol. The minimum absolute atomic E-state index is 0.589. The van der Waals surface area contributed by atoms with Crippen LogP contribution in [0.15, 0.2) is 18.3 Å². The molecule has 0 aliphatic carbocycles. The van der Waals surface area contributed by atoms with E-state index in [-0.39, 0.29) is 0 Å². The van der Waals surface area contributed by atoms with Crippen LogP contribution in [0.25, 0.3) is 0 Å². The van der Waals surface area contributed by atoms with Gasteiger partial charge in [0.05, 0.1) is 0 Å². The van der Waals surface area contributed by atoms with Crippen LogP contribution >= 0.6 is 0 Å². The summed E-state index contributed by atoms with van der Waals surface area (Å²) in [4.78, 5) is 10.0. The highest BCUT2D eigenvalue weighted by atomic mass is 15.2. The molecule has 0 amide bonds. The Morgan fingerprint density at radius 2 is 1.91 bits per heavy atom. The summed E-state index contributed by atoms with van der Waals surface area (Å²) in [5, 5.41) is 0. The fourth-order valence-corrected chi connectivity index (χ4v) is 4.01. The topological polar surface area (TPSA) is 19.4 Å². The van der Waals surface area contributed by atoms with Gasteiger partial charge in [0.2, 0.25) is 0 Å². The Kier molecular flexibility index (Phi) is 5.71. The lowest BCUT2D eigenvalue weighted by atomic mass is 9.94. The molecule has 1 aromatic rings. The maximum atomic E-state index is 4.79. The summed E-state index contributed by atoms with van der Waals surface area (Å²) in [7, 11) is 0. The van der Waals surface area contributed by atoms with E-state index in [0.717, 1.165) is 0 Å². The number of pyridine rings is 1. The molecule has 3 nitrogen and oxygen atoms in total. The molecule has 2 aliphatic rings. The van der Waals surface area contributed by atoms with Crippen LogP contribution in [0.5, 0.6) is 0 Å². The predicted molar refractivity (Wildman–Crippen MR) is 93.4 cm³/mol. The Morgan fingerprint density at radius 3 is 2.73 bits per heavy atom. The Bertz CT molecular complexity index is 454. The summed E-state index contributed by atoms with van der Waals surface area (Å²) >= 11 is 0. The molecular formula is C19H31N3. The number of anilines is 1. The average Bonchev–Trinajstić information content (AvgIpc) is 2.61. The third-order valence-corrected chi connectivity index (χ3v) is 5.24. The van der Waals surface area contributed by atoms with E-state index in [0.29, 0.717) is 6.04 Å². The molecule has 1 aromatic heterocycles. The molecule has 0 radical (unpaired) electrons. The standard InChI is InChI=1S/C19H31N3/c1-2-3-13-21-14-8-5-11-18(21)17-10-9-12-20-19(17)22-15-6-4-7-16-22/h9-10,12,18H,2-8,11,13-16H2,1H3/t18-/m0/s1. The molecule has 2 saturated heterocycles. The highest BCUT2D eigenvalue weighted by Gasteiger charge is 2.27. The highest BCUT2D eigenvalue weighted by molar-refractivity contribution is 5.49. The van der Waals surface area contributed by atoms with Crippen molar-refractivity contribution in [1.82, 2.24) is 9.88 Å². The van der Waals surface area contributed by atoms with Gasteiger partial charge in [-0.3, -0.25) is 4.90 Å². The minimum atomic E-state index is 0.589. The summed E-state index contributed by atoms with van der Waals surface area (Å²) in [6.07, 6.45) is 12.6. The number of hydrogen-bond acceptors (Lipinski definition) is 3. The number of piperidine rings is 2. The van der Waals surface area contributed by atoms with Crippen LogP contribution in [0.1, 0.15) is 69.9 Å². The molecule has 0 aromatic carbocycles. The Labute approximate surface area is 135 Å². The maximum absolute atomic E-state index is 4.79. The summed E-state index contributed by atoms with van der Waals surface area (Å²) < 4.78 is 0. The first kappa shape index (κ1) is 15.8. The normalized spacial score (nSPS) is 23.7. The van der Waals surface area contributed by atoms with Crippen molar-refractivity contribution < 1.29 is 0 Å². The molecule has 122 valence electrons. The van der Waals surface area contributed by atoms with Crippen LogP contribution in [0.3, 0.4) is 0 Å². The van der Waals surface area contributed by atoms with Crippen molar-refractivity contribution in [1.29, 1.82) is 0 Å². The van der Waals surface area contributed by atoms with Crippen molar-refractivity contribution in [3.05, 3.63) is 23.9 Å². The number of aromatic nitrogens is 1. The molecule has 0 saturated carbocycles. The molecule has 3 heteroatoms. The Morgan fingerprint density at radius 1 is 1.09 bits per heavy atom. The van der Waals surface area contributed by atoms with E-state index in [4.69, 9.17) is 4.98 Å². The van der Waals surface area contributed by atoms with Crippen LogP contribution in [-0.2, 0) is 0 Å². The Balaban J connectivity index is 1.82. The first-order valence-electron chi connectivity index (χ1n) is 9.34. The second kappa shape index (κ2) is 7.96. The number of likely N-dealkylation sites (tertiary alicyclic amines) is 1. The fourth-order valence-electron chi connectivity index (χ4n) is 4.01. The van der Waals surface area contributed by atoms with E-state index in [1.54, 1.807) is 0 Å². The quantitative estimate of drug-likeness (QED) is 0.803. The van der Waals surface area contributed by atoms with Gasteiger partial charge in [-0.1, -0.05) is 25.8 Å². The second-order valence-corrected chi connectivity index (χ2v) is 6.87. The predicted octanol–water partition coefficient (Wildman–Crippen LogP) is 4.40. The summed E-state index contributed by atoms with van der Waals surface area (Å²) in [5.41, 5.74) is 1.49. The smallest absolute Gasteiger partial charge is 0.133 e. The number of rotatable bonds is 5. The van der Waals surface area contributed by atoms with Crippen LogP contribution in [-0.4, -0.2) is 36.1 Å². The molecule has 2 fully saturated rings. The van der Waals surface area contributed by atoms with Crippen LogP contribution in [0.2, 0.25) is 0 Å². The van der Waals surface area contributed by atoms with E-state index < -0.39 is 0 Å². The van der Waals surface area contributed by atoms with Gasteiger partial charge in [0.15, 0.2) is 0 Å². The molecule has 2 aliphatic heterocycles. The lowest BCUT2D eigenvalue weighted by molar-refractivity contribution is 0.146.